The third kappa shape index (κ3) is 3.13. The highest BCUT2D eigenvalue weighted by molar-refractivity contribution is 5.60. The number of nitrogens with one attached hydrogen (secondary N) is 1. The van der Waals surface area contributed by atoms with Gasteiger partial charge >= 0.3 is 0 Å². The van der Waals surface area contributed by atoms with Crippen LogP contribution in [0.3, 0.4) is 0 Å². The lowest BCUT2D eigenvalue weighted by molar-refractivity contribution is 0.196. The molecule has 0 radical (unpaired) electrons. The van der Waals surface area contributed by atoms with Crippen molar-refractivity contribution in [2.24, 2.45) is 0 Å². The minimum absolute atomic E-state index is 0.142. The largest absolute Gasteiger partial charge is 0.385 e. The number of anilines is 1. The summed E-state index contributed by atoms with van der Waals surface area (Å²) in [5.41, 5.74) is 2.36. The van der Waals surface area contributed by atoms with Crippen molar-refractivity contribution in [1.82, 2.24) is 5.32 Å². The Hall–Kier alpha value is -1.13. The van der Waals surface area contributed by atoms with E-state index in [4.69, 9.17) is 4.74 Å². The molecule has 1 aliphatic carbocycles. The standard InChI is InChI=1S/C16H23FN2O/c1-20-8-2-7-19-11-12(10-18-14-4-5-14)15-6-3-13(17)9-16(15)19/h3,6,9,12,14,18H,2,4-5,7-8,10-11H2,1H3. The van der Waals surface area contributed by atoms with Gasteiger partial charge < -0.3 is 15.0 Å². The van der Waals surface area contributed by atoms with Crippen LogP contribution < -0.4 is 10.2 Å². The number of nitrogens with zero attached hydrogens (tertiary/aromatic N) is 1. The lowest BCUT2D eigenvalue weighted by Crippen LogP contribution is -2.29. The molecule has 1 heterocycles. The molecule has 2 aliphatic rings. The fourth-order valence-electron chi connectivity index (χ4n) is 2.98. The maximum absolute atomic E-state index is 13.5. The molecule has 4 heteroatoms. The lowest BCUT2D eigenvalue weighted by Gasteiger charge is -2.20. The summed E-state index contributed by atoms with van der Waals surface area (Å²) in [6.07, 6.45) is 3.59. The van der Waals surface area contributed by atoms with Crippen LogP contribution in [0.1, 0.15) is 30.7 Å². The van der Waals surface area contributed by atoms with Crippen LogP contribution in [0.15, 0.2) is 18.2 Å². The molecule has 110 valence electrons. The zero-order valence-corrected chi connectivity index (χ0v) is 12.1. The van der Waals surface area contributed by atoms with Crippen molar-refractivity contribution < 1.29 is 9.13 Å². The Morgan fingerprint density at radius 1 is 1.40 bits per heavy atom. The van der Waals surface area contributed by atoms with E-state index in [1.54, 1.807) is 19.2 Å². The second kappa shape index (κ2) is 6.10. The Kier molecular flexibility index (Phi) is 4.22. The van der Waals surface area contributed by atoms with Crippen LogP contribution in [-0.2, 0) is 4.74 Å². The molecule has 0 saturated heterocycles. The first-order chi connectivity index (χ1) is 9.78. The minimum atomic E-state index is -0.142. The number of benzene rings is 1. The molecule has 1 atom stereocenters. The normalized spacial score (nSPS) is 21.3. The summed E-state index contributed by atoms with van der Waals surface area (Å²) >= 11 is 0. The Labute approximate surface area is 120 Å². The number of hydrogen-bond acceptors (Lipinski definition) is 3. The van der Waals surface area contributed by atoms with E-state index >= 15 is 0 Å². The Balaban J connectivity index is 1.68. The maximum Gasteiger partial charge on any atom is 0.125 e. The molecule has 1 unspecified atom stereocenters. The first kappa shape index (κ1) is 13.8. The molecule has 1 aromatic rings. The van der Waals surface area contributed by atoms with Crippen LogP contribution in [0.2, 0.25) is 0 Å². The van der Waals surface area contributed by atoms with Gasteiger partial charge in [-0.2, -0.15) is 0 Å². The molecule has 3 rings (SSSR count). The number of hydrogen-bond donors (Lipinski definition) is 1. The average molecular weight is 278 g/mol. The van der Waals surface area contributed by atoms with Gasteiger partial charge in [-0.3, -0.25) is 0 Å². The van der Waals surface area contributed by atoms with Gasteiger partial charge in [0.2, 0.25) is 0 Å². The summed E-state index contributed by atoms with van der Waals surface area (Å²) in [5.74, 6) is 0.338. The molecule has 1 aliphatic heterocycles. The number of rotatable bonds is 7. The van der Waals surface area contributed by atoms with Gasteiger partial charge in [0.25, 0.3) is 0 Å². The van der Waals surface area contributed by atoms with E-state index in [2.05, 4.69) is 10.2 Å². The van der Waals surface area contributed by atoms with Gasteiger partial charge in [-0.15, -0.1) is 0 Å². The molecule has 20 heavy (non-hydrogen) atoms. The predicted molar refractivity (Wildman–Crippen MR) is 78.9 cm³/mol. The van der Waals surface area contributed by atoms with Crippen LogP contribution in [-0.4, -0.2) is 39.4 Å². The first-order valence-electron chi connectivity index (χ1n) is 7.54. The van der Waals surface area contributed by atoms with Crippen molar-refractivity contribution in [3.05, 3.63) is 29.6 Å². The molecule has 0 aromatic heterocycles. The molecule has 1 saturated carbocycles. The summed E-state index contributed by atoms with van der Waals surface area (Å²) in [4.78, 5) is 2.30. The predicted octanol–water partition coefficient (Wildman–Crippen LogP) is 2.52. The highest BCUT2D eigenvalue weighted by Crippen LogP contribution is 2.37. The average Bonchev–Trinajstić information content (AvgIpc) is 3.21. The van der Waals surface area contributed by atoms with Gasteiger partial charge in [-0.25, -0.2) is 4.39 Å². The van der Waals surface area contributed by atoms with E-state index in [1.165, 1.54) is 18.4 Å². The molecule has 1 fully saturated rings. The first-order valence-corrected chi connectivity index (χ1v) is 7.54. The molecule has 1 N–H and O–H groups in total. The van der Waals surface area contributed by atoms with Crippen molar-refractivity contribution in [3.63, 3.8) is 0 Å². The van der Waals surface area contributed by atoms with Gasteiger partial charge in [-0.05, 0) is 37.0 Å². The third-order valence-electron chi connectivity index (χ3n) is 4.22. The fraction of sp³-hybridized carbons (Fsp3) is 0.625. The molecular weight excluding hydrogens is 255 g/mol. The van der Waals surface area contributed by atoms with E-state index in [0.717, 1.165) is 44.4 Å². The quantitative estimate of drug-likeness (QED) is 0.776. The number of ether oxygens (including phenoxy) is 1. The Bertz CT molecular complexity index is 462. The number of fused-ring (bicyclic) bond motifs is 1. The molecule has 0 amide bonds. The SMILES string of the molecule is COCCCN1CC(CNC2CC2)c2ccc(F)cc21. The van der Waals surface area contributed by atoms with Crippen LogP contribution in [0.25, 0.3) is 0 Å². The van der Waals surface area contributed by atoms with Crippen LogP contribution in [0, 0.1) is 5.82 Å². The molecule has 0 bridgehead atoms. The zero-order valence-electron chi connectivity index (χ0n) is 12.1. The van der Waals surface area contributed by atoms with Crippen molar-refractivity contribution in [1.29, 1.82) is 0 Å². The van der Waals surface area contributed by atoms with E-state index in [1.807, 2.05) is 6.07 Å². The van der Waals surface area contributed by atoms with E-state index in [9.17, 15) is 4.39 Å². The Morgan fingerprint density at radius 2 is 2.25 bits per heavy atom. The lowest BCUT2D eigenvalue weighted by atomic mass is 10.0. The monoisotopic (exact) mass is 278 g/mol. The van der Waals surface area contributed by atoms with Gasteiger partial charge in [0.05, 0.1) is 0 Å². The molecular formula is C16H23FN2O. The van der Waals surface area contributed by atoms with Crippen molar-refractivity contribution in [2.45, 2.75) is 31.2 Å². The minimum Gasteiger partial charge on any atom is -0.385 e. The summed E-state index contributed by atoms with van der Waals surface area (Å²) in [7, 11) is 1.72. The van der Waals surface area contributed by atoms with Crippen molar-refractivity contribution >= 4 is 5.69 Å². The van der Waals surface area contributed by atoms with Gasteiger partial charge in [0.15, 0.2) is 0 Å². The summed E-state index contributed by atoms with van der Waals surface area (Å²) in [6, 6.07) is 5.95. The highest BCUT2D eigenvalue weighted by atomic mass is 19.1. The molecule has 3 nitrogen and oxygen atoms in total. The van der Waals surface area contributed by atoms with Crippen LogP contribution in [0.4, 0.5) is 10.1 Å². The number of halogens is 1. The van der Waals surface area contributed by atoms with Gasteiger partial charge in [0.1, 0.15) is 5.82 Å². The highest BCUT2D eigenvalue weighted by Gasteiger charge is 2.30. The van der Waals surface area contributed by atoms with Gasteiger partial charge in [-0.1, -0.05) is 6.07 Å². The summed E-state index contributed by atoms with van der Waals surface area (Å²) in [6.45, 7) is 3.68. The van der Waals surface area contributed by atoms with E-state index in [-0.39, 0.29) is 5.82 Å². The second-order valence-electron chi connectivity index (χ2n) is 5.87. The van der Waals surface area contributed by atoms with Crippen LogP contribution >= 0.6 is 0 Å². The molecule has 1 aromatic carbocycles. The van der Waals surface area contributed by atoms with E-state index < -0.39 is 0 Å². The van der Waals surface area contributed by atoms with Crippen molar-refractivity contribution in [2.75, 3.05) is 38.3 Å². The van der Waals surface area contributed by atoms with Crippen molar-refractivity contribution in [3.8, 4) is 0 Å². The topological polar surface area (TPSA) is 24.5 Å². The number of methoxy groups -OCH3 is 1. The zero-order chi connectivity index (χ0) is 13.9. The second-order valence-corrected chi connectivity index (χ2v) is 5.87. The smallest absolute Gasteiger partial charge is 0.125 e. The van der Waals surface area contributed by atoms with Crippen LogP contribution in [0.5, 0.6) is 0 Å². The molecule has 0 spiro atoms. The van der Waals surface area contributed by atoms with Gasteiger partial charge in [0, 0.05) is 51.0 Å². The summed E-state index contributed by atoms with van der Waals surface area (Å²) < 4.78 is 18.6. The Morgan fingerprint density at radius 3 is 3.00 bits per heavy atom. The third-order valence-corrected chi connectivity index (χ3v) is 4.22. The summed E-state index contributed by atoms with van der Waals surface area (Å²) in [5, 5.41) is 3.60. The fourth-order valence-corrected chi connectivity index (χ4v) is 2.98. The van der Waals surface area contributed by atoms with E-state index in [0.29, 0.717) is 5.92 Å². The maximum atomic E-state index is 13.5.